The van der Waals surface area contributed by atoms with Crippen LogP contribution in [-0.2, 0) is 17.6 Å². The molecule has 5 aromatic rings. The summed E-state index contributed by atoms with van der Waals surface area (Å²) in [5.41, 5.74) is 7.03. The Bertz CT molecular complexity index is 1920. The fraction of sp³-hybridized carbons (Fsp3) is 0.432. The predicted molar refractivity (Wildman–Crippen MR) is 190 cm³/mol. The van der Waals surface area contributed by atoms with Crippen LogP contribution in [0.2, 0.25) is 0 Å². The summed E-state index contributed by atoms with van der Waals surface area (Å²) in [6.45, 7) is 6.34. The van der Waals surface area contributed by atoms with Crippen LogP contribution in [0.25, 0.3) is 31.9 Å². The standard InChI is InChI=1S/C37H40N6O2S2/c1-21(2)25-20-46-35-32(29-19-23-10-15-40-37(34(23)47-29)42-27-9-8-26-24(27)5-4-14-38-26)31(36-39-16-11-30(43-36)44-3)28(41-33(25)35)7-6-22-12-17-45-18-13-22/h4-5,10-11,14-16,19,21-22,25,27H,6-9,12-13,17-18,20H2,1-3H3,(H,40,42). The summed E-state index contributed by atoms with van der Waals surface area (Å²) in [6, 6.07) is 10.7. The molecule has 2 atom stereocenters. The van der Waals surface area contributed by atoms with Gasteiger partial charge in [-0.25, -0.2) is 9.97 Å². The molecule has 1 N–H and O–H groups in total. The largest absolute Gasteiger partial charge is 0.481 e. The molecule has 1 saturated heterocycles. The van der Waals surface area contributed by atoms with Crippen molar-refractivity contribution in [2.75, 3.05) is 31.4 Å². The van der Waals surface area contributed by atoms with Crippen LogP contribution < -0.4 is 10.1 Å². The van der Waals surface area contributed by atoms with Gasteiger partial charge in [-0.05, 0) is 79.5 Å². The van der Waals surface area contributed by atoms with Gasteiger partial charge in [0.25, 0.3) is 0 Å². The molecule has 0 saturated carbocycles. The third-order valence-electron chi connectivity index (χ3n) is 9.97. The van der Waals surface area contributed by atoms with Crippen molar-refractivity contribution >= 4 is 39.0 Å². The maximum atomic E-state index is 5.68. The van der Waals surface area contributed by atoms with Crippen LogP contribution in [0.5, 0.6) is 5.88 Å². The number of nitrogens with zero attached hydrogens (tertiary/aromatic N) is 5. The lowest BCUT2D eigenvalue weighted by Gasteiger charge is -2.23. The molecule has 8 nitrogen and oxygen atoms in total. The second-order valence-electron chi connectivity index (χ2n) is 13.2. The molecule has 0 spiro atoms. The van der Waals surface area contributed by atoms with Gasteiger partial charge in [0.1, 0.15) is 5.82 Å². The third kappa shape index (κ3) is 5.89. The first-order valence-corrected chi connectivity index (χ1v) is 18.6. The number of aromatic nitrogens is 5. The summed E-state index contributed by atoms with van der Waals surface area (Å²) in [6.07, 6.45) is 11.8. The maximum absolute atomic E-state index is 5.68. The summed E-state index contributed by atoms with van der Waals surface area (Å²) in [5.74, 6) is 4.73. The maximum Gasteiger partial charge on any atom is 0.216 e. The van der Waals surface area contributed by atoms with Gasteiger partial charge >= 0.3 is 0 Å². The molecule has 10 heteroatoms. The van der Waals surface area contributed by atoms with Crippen molar-refractivity contribution in [3.63, 3.8) is 0 Å². The first-order chi connectivity index (χ1) is 23.1. The molecule has 0 radical (unpaired) electrons. The van der Waals surface area contributed by atoms with Crippen molar-refractivity contribution in [3.8, 4) is 27.7 Å². The van der Waals surface area contributed by atoms with Gasteiger partial charge in [0.05, 0.1) is 34.8 Å². The molecule has 0 bridgehead atoms. The van der Waals surface area contributed by atoms with Crippen LogP contribution in [-0.4, -0.2) is 51.0 Å². The molecule has 0 aromatic carbocycles. The number of ether oxygens (including phenoxy) is 2. The Morgan fingerprint density at radius 2 is 1.87 bits per heavy atom. The molecule has 2 unspecified atom stereocenters. The van der Waals surface area contributed by atoms with Gasteiger partial charge in [0.2, 0.25) is 5.88 Å². The molecular formula is C37H40N6O2S2. The molecule has 8 rings (SSSR count). The molecule has 5 aromatic heterocycles. The van der Waals surface area contributed by atoms with Crippen molar-refractivity contribution in [1.29, 1.82) is 0 Å². The molecule has 47 heavy (non-hydrogen) atoms. The first kappa shape index (κ1) is 30.7. The summed E-state index contributed by atoms with van der Waals surface area (Å²) < 4.78 is 12.4. The zero-order chi connectivity index (χ0) is 31.9. The number of thiophene rings is 1. The average molecular weight is 665 g/mol. The fourth-order valence-corrected chi connectivity index (χ4v) is 10.1. The van der Waals surface area contributed by atoms with Gasteiger partial charge in [0.15, 0.2) is 5.82 Å². The fourth-order valence-electron chi connectivity index (χ4n) is 7.32. The van der Waals surface area contributed by atoms with Gasteiger partial charge in [0, 0.05) is 70.6 Å². The first-order valence-electron chi connectivity index (χ1n) is 16.8. The number of nitrogens with one attached hydrogen (secondary N) is 1. The molecule has 3 aliphatic rings. The van der Waals surface area contributed by atoms with Crippen LogP contribution in [0.1, 0.15) is 74.1 Å². The number of fused-ring (bicyclic) bond motifs is 3. The minimum atomic E-state index is 0.201. The highest BCUT2D eigenvalue weighted by molar-refractivity contribution is 7.99. The van der Waals surface area contributed by atoms with E-state index in [9.17, 15) is 0 Å². The summed E-state index contributed by atoms with van der Waals surface area (Å²) in [7, 11) is 1.66. The number of pyridine rings is 3. The smallest absolute Gasteiger partial charge is 0.216 e. The third-order valence-corrected chi connectivity index (χ3v) is 12.4. The Morgan fingerprint density at radius 3 is 2.72 bits per heavy atom. The summed E-state index contributed by atoms with van der Waals surface area (Å²) in [4.78, 5) is 27.3. The highest BCUT2D eigenvalue weighted by Gasteiger charge is 2.35. The number of hydrogen-bond acceptors (Lipinski definition) is 10. The average Bonchev–Trinajstić information content (AvgIpc) is 3.85. The highest BCUT2D eigenvalue weighted by Crippen LogP contribution is 2.53. The van der Waals surface area contributed by atoms with Gasteiger partial charge < -0.3 is 14.8 Å². The van der Waals surface area contributed by atoms with E-state index in [1.165, 1.54) is 37.7 Å². The SMILES string of the molecule is COc1ccnc(-c2c(CCC3CCOCC3)nc3c(c2-c2cc4ccnc(NC5CCc6ncccc65)c4s2)SCC3C(C)C)n1. The lowest BCUT2D eigenvalue weighted by atomic mass is 9.89. The molecule has 1 fully saturated rings. The Morgan fingerprint density at radius 1 is 1.00 bits per heavy atom. The van der Waals surface area contributed by atoms with Crippen molar-refractivity contribution in [2.45, 2.75) is 69.2 Å². The van der Waals surface area contributed by atoms with E-state index in [1.54, 1.807) is 24.6 Å². The number of hydrogen-bond donors (Lipinski definition) is 1. The van der Waals surface area contributed by atoms with Gasteiger partial charge in [-0.1, -0.05) is 19.9 Å². The van der Waals surface area contributed by atoms with E-state index in [0.29, 0.717) is 29.5 Å². The van der Waals surface area contributed by atoms with Crippen LogP contribution in [0.15, 0.2) is 53.8 Å². The lowest BCUT2D eigenvalue weighted by Crippen LogP contribution is -2.17. The normalized spacial score (nSPS) is 19.3. The minimum Gasteiger partial charge on any atom is -0.481 e. The number of rotatable bonds is 9. The van der Waals surface area contributed by atoms with Crippen molar-refractivity contribution in [1.82, 2.24) is 24.9 Å². The number of thioether (sulfide) groups is 1. The second kappa shape index (κ2) is 13.1. The van der Waals surface area contributed by atoms with E-state index in [-0.39, 0.29) is 6.04 Å². The molecule has 7 heterocycles. The molecule has 1 aliphatic carbocycles. The number of anilines is 1. The van der Waals surface area contributed by atoms with Gasteiger partial charge in [-0.2, -0.15) is 4.98 Å². The second-order valence-corrected chi connectivity index (χ2v) is 15.2. The van der Waals surface area contributed by atoms with Gasteiger partial charge in [-0.3, -0.25) is 9.97 Å². The van der Waals surface area contributed by atoms with E-state index in [0.717, 1.165) is 79.3 Å². The van der Waals surface area contributed by atoms with E-state index in [2.05, 4.69) is 42.3 Å². The zero-order valence-corrected chi connectivity index (χ0v) is 28.8. The Kier molecular flexibility index (Phi) is 8.58. The lowest BCUT2D eigenvalue weighted by molar-refractivity contribution is 0.0639. The topological polar surface area (TPSA) is 94.9 Å². The highest BCUT2D eigenvalue weighted by atomic mass is 32.2. The Balaban J connectivity index is 1.28. The molecule has 2 aliphatic heterocycles. The van der Waals surface area contributed by atoms with Crippen molar-refractivity contribution in [3.05, 3.63) is 71.6 Å². The summed E-state index contributed by atoms with van der Waals surface area (Å²) in [5, 5.41) is 4.98. The van der Waals surface area contributed by atoms with Gasteiger partial charge in [-0.15, -0.1) is 23.1 Å². The minimum absolute atomic E-state index is 0.201. The number of methoxy groups -OCH3 is 1. The van der Waals surface area contributed by atoms with Crippen LogP contribution in [0.4, 0.5) is 5.82 Å². The van der Waals surface area contributed by atoms with E-state index in [4.69, 9.17) is 29.4 Å². The monoisotopic (exact) mass is 664 g/mol. The number of aryl methyl sites for hydroxylation is 2. The Hall–Kier alpha value is -3.60. The van der Waals surface area contributed by atoms with Crippen molar-refractivity contribution < 1.29 is 9.47 Å². The quantitative estimate of drug-likeness (QED) is 0.166. The molecule has 0 amide bonds. The van der Waals surface area contributed by atoms with E-state index >= 15 is 0 Å². The molecular weight excluding hydrogens is 625 g/mol. The Labute approximate surface area is 284 Å². The van der Waals surface area contributed by atoms with Crippen LogP contribution in [0, 0.1) is 11.8 Å². The van der Waals surface area contributed by atoms with E-state index in [1.807, 2.05) is 36.3 Å². The van der Waals surface area contributed by atoms with Crippen molar-refractivity contribution in [2.24, 2.45) is 11.8 Å². The predicted octanol–water partition coefficient (Wildman–Crippen LogP) is 8.52. The van der Waals surface area contributed by atoms with Crippen LogP contribution in [0.3, 0.4) is 0 Å². The summed E-state index contributed by atoms with van der Waals surface area (Å²) >= 11 is 3.74. The van der Waals surface area contributed by atoms with E-state index < -0.39 is 0 Å². The molecule has 242 valence electrons. The zero-order valence-electron chi connectivity index (χ0n) is 27.2. The van der Waals surface area contributed by atoms with Crippen LogP contribution >= 0.6 is 23.1 Å².